The van der Waals surface area contributed by atoms with E-state index in [-0.39, 0.29) is 0 Å². The standard InChI is InChI=1S/C20H24Cl2N6S/c1-11-16(13(3)27(5)25-11)9-23-20(29)24-19-12(2)26-28(14(19)4)10-15-6-7-17(21)18(22)8-15/h6-8H,9-10H2,1-5H3,(H2,23,24,29). The first-order valence-electron chi connectivity index (χ1n) is 9.19. The van der Waals surface area contributed by atoms with Crippen molar-refractivity contribution >= 4 is 46.2 Å². The van der Waals surface area contributed by atoms with Gasteiger partial charge in [0, 0.05) is 24.8 Å². The third-order valence-electron chi connectivity index (χ3n) is 5.02. The third-order valence-corrected chi connectivity index (χ3v) is 6.01. The number of hydrogen-bond donors (Lipinski definition) is 2. The van der Waals surface area contributed by atoms with Crippen LogP contribution in [0.1, 0.15) is 33.9 Å². The van der Waals surface area contributed by atoms with Gasteiger partial charge in [0.2, 0.25) is 0 Å². The summed E-state index contributed by atoms with van der Waals surface area (Å²) in [6.07, 6.45) is 0. The summed E-state index contributed by atoms with van der Waals surface area (Å²) in [4.78, 5) is 0. The second-order valence-electron chi connectivity index (χ2n) is 7.03. The van der Waals surface area contributed by atoms with E-state index in [0.717, 1.165) is 39.6 Å². The molecule has 0 radical (unpaired) electrons. The number of aryl methyl sites for hydroxylation is 3. The minimum Gasteiger partial charge on any atom is -0.358 e. The molecule has 1 aromatic carbocycles. The molecule has 2 aromatic heterocycles. The quantitative estimate of drug-likeness (QED) is 0.551. The Balaban J connectivity index is 1.69. The number of rotatable bonds is 5. The Labute approximate surface area is 186 Å². The Morgan fingerprint density at radius 3 is 2.38 bits per heavy atom. The highest BCUT2D eigenvalue weighted by atomic mass is 35.5. The molecule has 2 N–H and O–H groups in total. The molecule has 0 saturated heterocycles. The van der Waals surface area contributed by atoms with Crippen LogP contribution < -0.4 is 10.6 Å². The second-order valence-corrected chi connectivity index (χ2v) is 8.26. The zero-order valence-corrected chi connectivity index (χ0v) is 19.4. The predicted molar refractivity (Wildman–Crippen MR) is 123 cm³/mol. The van der Waals surface area contributed by atoms with Gasteiger partial charge in [-0.2, -0.15) is 10.2 Å². The monoisotopic (exact) mass is 450 g/mol. The molecule has 0 fully saturated rings. The van der Waals surface area contributed by atoms with E-state index in [2.05, 4.69) is 27.8 Å². The van der Waals surface area contributed by atoms with Gasteiger partial charge in [0.05, 0.1) is 39.4 Å². The minimum absolute atomic E-state index is 0.537. The van der Waals surface area contributed by atoms with E-state index in [1.165, 1.54) is 0 Å². The fourth-order valence-corrected chi connectivity index (χ4v) is 3.74. The fraction of sp³-hybridized carbons (Fsp3) is 0.350. The lowest BCUT2D eigenvalue weighted by molar-refractivity contribution is 0.659. The molecule has 29 heavy (non-hydrogen) atoms. The van der Waals surface area contributed by atoms with Gasteiger partial charge in [-0.05, 0) is 57.6 Å². The molecule has 6 nitrogen and oxygen atoms in total. The molecule has 0 atom stereocenters. The first kappa shape index (κ1) is 21.6. The van der Waals surface area contributed by atoms with Crippen molar-refractivity contribution in [3.05, 3.63) is 62.1 Å². The molecule has 0 aliphatic rings. The number of halogens is 2. The van der Waals surface area contributed by atoms with E-state index in [4.69, 9.17) is 35.4 Å². The number of anilines is 1. The Morgan fingerprint density at radius 2 is 1.76 bits per heavy atom. The largest absolute Gasteiger partial charge is 0.358 e. The van der Waals surface area contributed by atoms with Crippen molar-refractivity contribution in [3.63, 3.8) is 0 Å². The zero-order chi connectivity index (χ0) is 21.3. The number of thiocarbonyl (C=S) groups is 1. The van der Waals surface area contributed by atoms with Crippen molar-refractivity contribution in [2.24, 2.45) is 7.05 Å². The zero-order valence-electron chi connectivity index (χ0n) is 17.1. The average Bonchev–Trinajstić information content (AvgIpc) is 3.05. The fourth-order valence-electron chi connectivity index (χ4n) is 3.24. The summed E-state index contributed by atoms with van der Waals surface area (Å²) in [7, 11) is 1.94. The van der Waals surface area contributed by atoms with Gasteiger partial charge in [0.1, 0.15) is 0 Å². The molecule has 3 rings (SSSR count). The lowest BCUT2D eigenvalue weighted by Crippen LogP contribution is -2.28. The van der Waals surface area contributed by atoms with Crippen molar-refractivity contribution in [1.82, 2.24) is 24.9 Å². The van der Waals surface area contributed by atoms with Crippen LogP contribution in [-0.4, -0.2) is 24.7 Å². The molecule has 0 aliphatic carbocycles. The molecule has 0 spiro atoms. The second kappa shape index (κ2) is 8.73. The van der Waals surface area contributed by atoms with Crippen LogP contribution in [0.4, 0.5) is 5.69 Å². The first-order chi connectivity index (χ1) is 13.7. The Hall–Kier alpha value is -2.09. The number of aromatic nitrogens is 4. The van der Waals surface area contributed by atoms with E-state index in [1.54, 1.807) is 6.07 Å². The van der Waals surface area contributed by atoms with Gasteiger partial charge in [0.25, 0.3) is 0 Å². The van der Waals surface area contributed by atoms with Crippen molar-refractivity contribution in [2.75, 3.05) is 5.32 Å². The number of benzene rings is 1. The van der Waals surface area contributed by atoms with Crippen molar-refractivity contribution in [3.8, 4) is 0 Å². The van der Waals surface area contributed by atoms with Crippen LogP contribution in [0.2, 0.25) is 10.0 Å². The molecule has 0 saturated carbocycles. The minimum atomic E-state index is 0.537. The molecule has 0 bridgehead atoms. The molecule has 0 unspecified atom stereocenters. The van der Waals surface area contributed by atoms with Crippen molar-refractivity contribution in [1.29, 1.82) is 0 Å². The van der Waals surface area contributed by atoms with Crippen LogP contribution >= 0.6 is 35.4 Å². The topological polar surface area (TPSA) is 59.7 Å². The molecule has 9 heteroatoms. The van der Waals surface area contributed by atoms with Gasteiger partial charge in [0.15, 0.2) is 5.11 Å². The smallest absolute Gasteiger partial charge is 0.171 e. The van der Waals surface area contributed by atoms with Crippen LogP contribution in [0.25, 0.3) is 0 Å². The third kappa shape index (κ3) is 4.74. The highest BCUT2D eigenvalue weighted by molar-refractivity contribution is 7.80. The van der Waals surface area contributed by atoms with Gasteiger partial charge in [-0.25, -0.2) is 0 Å². The summed E-state index contributed by atoms with van der Waals surface area (Å²) in [5.74, 6) is 0. The highest BCUT2D eigenvalue weighted by Crippen LogP contribution is 2.25. The maximum absolute atomic E-state index is 6.13. The predicted octanol–water partition coefficient (Wildman–Crippen LogP) is 4.69. The molecular formula is C20H24Cl2N6S. The number of nitrogens with zero attached hydrogens (tertiary/aromatic N) is 4. The van der Waals surface area contributed by atoms with Gasteiger partial charge in [-0.3, -0.25) is 9.36 Å². The molecule has 3 aromatic rings. The summed E-state index contributed by atoms with van der Waals surface area (Å²) in [6.45, 7) is 9.24. The summed E-state index contributed by atoms with van der Waals surface area (Å²) < 4.78 is 3.80. The molecular weight excluding hydrogens is 427 g/mol. The normalized spacial score (nSPS) is 11.0. The van der Waals surface area contributed by atoms with Gasteiger partial charge in [-0.15, -0.1) is 0 Å². The Kier molecular flexibility index (Phi) is 6.51. The number of nitrogens with one attached hydrogen (secondary N) is 2. The highest BCUT2D eigenvalue weighted by Gasteiger charge is 2.14. The summed E-state index contributed by atoms with van der Waals surface area (Å²) in [6, 6.07) is 5.60. The van der Waals surface area contributed by atoms with Gasteiger partial charge in [-0.1, -0.05) is 29.3 Å². The van der Waals surface area contributed by atoms with E-state index >= 15 is 0 Å². The molecule has 154 valence electrons. The molecule has 2 heterocycles. The van der Waals surface area contributed by atoms with Gasteiger partial charge < -0.3 is 10.6 Å². The molecule has 0 aliphatic heterocycles. The van der Waals surface area contributed by atoms with Crippen LogP contribution in [0, 0.1) is 27.7 Å². The Morgan fingerprint density at radius 1 is 1.03 bits per heavy atom. The number of hydrogen-bond acceptors (Lipinski definition) is 3. The average molecular weight is 451 g/mol. The summed E-state index contributed by atoms with van der Waals surface area (Å²) in [5, 5.41) is 17.3. The maximum Gasteiger partial charge on any atom is 0.171 e. The van der Waals surface area contributed by atoms with Crippen LogP contribution in [0.3, 0.4) is 0 Å². The SMILES string of the molecule is Cc1nn(C)c(C)c1CNC(=S)Nc1c(C)nn(Cc2ccc(Cl)c(Cl)c2)c1C. The summed E-state index contributed by atoms with van der Waals surface area (Å²) >= 11 is 17.6. The van der Waals surface area contributed by atoms with Crippen LogP contribution in [-0.2, 0) is 20.1 Å². The van der Waals surface area contributed by atoms with E-state index in [9.17, 15) is 0 Å². The lowest BCUT2D eigenvalue weighted by Gasteiger charge is -2.12. The molecule has 0 amide bonds. The first-order valence-corrected chi connectivity index (χ1v) is 10.4. The van der Waals surface area contributed by atoms with Crippen LogP contribution in [0.15, 0.2) is 18.2 Å². The summed E-state index contributed by atoms with van der Waals surface area (Å²) in [5.41, 5.74) is 7.08. The van der Waals surface area contributed by atoms with Gasteiger partial charge >= 0.3 is 0 Å². The van der Waals surface area contributed by atoms with Crippen molar-refractivity contribution < 1.29 is 0 Å². The Bertz CT molecular complexity index is 1070. The van der Waals surface area contributed by atoms with E-state index in [0.29, 0.717) is 28.2 Å². The van der Waals surface area contributed by atoms with Crippen molar-refractivity contribution in [2.45, 2.75) is 40.8 Å². The van der Waals surface area contributed by atoms with E-state index < -0.39 is 0 Å². The maximum atomic E-state index is 6.13. The lowest BCUT2D eigenvalue weighted by atomic mass is 10.2. The van der Waals surface area contributed by atoms with Crippen LogP contribution in [0.5, 0.6) is 0 Å². The van der Waals surface area contributed by atoms with E-state index in [1.807, 2.05) is 49.3 Å².